The Bertz CT molecular complexity index is 303. The molecule has 70 valence electrons. The van der Waals surface area contributed by atoms with E-state index in [9.17, 15) is 10.1 Å². The normalized spacial score (nSPS) is 9.62. The van der Waals surface area contributed by atoms with Gasteiger partial charge in [-0.3, -0.25) is 0 Å². The number of halogens is 1. The predicted octanol–water partition coefficient (Wildman–Crippen LogP) is 2.20. The van der Waals surface area contributed by atoms with Gasteiger partial charge in [0.15, 0.2) is 0 Å². The molecule has 0 heterocycles. The van der Waals surface area contributed by atoms with Crippen molar-refractivity contribution < 1.29 is 9.92 Å². The summed E-state index contributed by atoms with van der Waals surface area (Å²) in [7, 11) is 0. The second-order valence-electron chi connectivity index (χ2n) is 2.44. The van der Waals surface area contributed by atoms with Crippen LogP contribution in [-0.4, -0.2) is 11.7 Å². The highest BCUT2D eigenvalue weighted by Gasteiger charge is 1.97. The molecule has 0 bridgehead atoms. The highest BCUT2D eigenvalue weighted by atomic mass is 79.9. The van der Waals surface area contributed by atoms with Crippen LogP contribution in [-0.2, 0) is 11.3 Å². The Kier molecular flexibility index (Phi) is 3.70. The Hall–Kier alpha value is -1.10. The lowest BCUT2D eigenvalue weighted by Gasteiger charge is -2.00. The predicted molar refractivity (Wildman–Crippen MR) is 50.8 cm³/mol. The molecule has 13 heavy (non-hydrogen) atoms. The molecule has 0 aromatic heterocycles. The van der Waals surface area contributed by atoms with Crippen LogP contribution in [0.2, 0.25) is 0 Å². The van der Waals surface area contributed by atoms with Gasteiger partial charge in [0.1, 0.15) is 6.61 Å². The van der Waals surface area contributed by atoms with Crippen molar-refractivity contribution >= 4 is 15.9 Å². The zero-order valence-corrected chi connectivity index (χ0v) is 8.36. The molecule has 4 nitrogen and oxygen atoms in total. The molecule has 5 heteroatoms. The van der Waals surface area contributed by atoms with Crippen LogP contribution in [0.25, 0.3) is 0 Å². The van der Waals surface area contributed by atoms with E-state index in [1.165, 1.54) is 0 Å². The summed E-state index contributed by atoms with van der Waals surface area (Å²) >= 11 is 3.31. The average Bonchev–Trinajstić information content (AvgIpc) is 2.03. The molecule has 0 amide bonds. The first kappa shape index (κ1) is 9.98. The molecule has 1 rings (SSSR count). The molecule has 0 radical (unpaired) electrons. The van der Waals surface area contributed by atoms with E-state index in [1.54, 1.807) is 0 Å². The van der Waals surface area contributed by atoms with Crippen molar-refractivity contribution in [1.29, 1.82) is 0 Å². The number of benzene rings is 1. The van der Waals surface area contributed by atoms with Crippen LogP contribution >= 0.6 is 15.9 Å². The molecular formula is C8H8BrNO3. The van der Waals surface area contributed by atoms with Gasteiger partial charge in [-0.25, -0.2) is 0 Å². The lowest BCUT2D eigenvalue weighted by molar-refractivity contribution is -0.757. The summed E-state index contributed by atoms with van der Waals surface area (Å²) in [5.74, 6) is 0. The highest BCUT2D eigenvalue weighted by Crippen LogP contribution is 2.11. The molecule has 0 spiro atoms. The number of hydrogen-bond donors (Lipinski definition) is 0. The van der Waals surface area contributed by atoms with E-state index in [0.29, 0.717) is 6.42 Å². The molecule has 1 aromatic rings. The molecule has 0 atom stereocenters. The van der Waals surface area contributed by atoms with Crippen molar-refractivity contribution in [3.63, 3.8) is 0 Å². The van der Waals surface area contributed by atoms with Crippen molar-refractivity contribution in [1.82, 2.24) is 0 Å². The highest BCUT2D eigenvalue weighted by molar-refractivity contribution is 9.10. The van der Waals surface area contributed by atoms with Gasteiger partial charge in [0.25, 0.3) is 5.09 Å². The number of hydrogen-bond acceptors (Lipinski definition) is 3. The third-order valence-corrected chi connectivity index (χ3v) is 1.97. The fourth-order valence-electron chi connectivity index (χ4n) is 0.931. The number of nitrogens with zero attached hydrogens (tertiary/aromatic N) is 1. The second kappa shape index (κ2) is 4.81. The molecule has 1 aromatic carbocycles. The van der Waals surface area contributed by atoms with Gasteiger partial charge >= 0.3 is 0 Å². The van der Waals surface area contributed by atoms with Gasteiger partial charge in [-0.15, -0.1) is 10.1 Å². The summed E-state index contributed by atoms with van der Waals surface area (Å²) in [5.41, 5.74) is 1.01. The molecule has 0 unspecified atom stereocenters. The van der Waals surface area contributed by atoms with Crippen molar-refractivity contribution in [2.75, 3.05) is 6.61 Å². The Labute approximate surface area is 83.7 Å². The van der Waals surface area contributed by atoms with Crippen LogP contribution in [0.1, 0.15) is 5.56 Å². The maximum atomic E-state index is 9.83. The van der Waals surface area contributed by atoms with Crippen LogP contribution < -0.4 is 0 Å². The minimum atomic E-state index is -0.780. The molecule has 0 aliphatic heterocycles. The maximum absolute atomic E-state index is 9.83. The zero-order chi connectivity index (χ0) is 9.68. The molecule has 0 fully saturated rings. The van der Waals surface area contributed by atoms with Crippen LogP contribution in [0.15, 0.2) is 28.7 Å². The van der Waals surface area contributed by atoms with E-state index in [2.05, 4.69) is 20.8 Å². The second-order valence-corrected chi connectivity index (χ2v) is 3.35. The standard InChI is InChI=1S/C8H8BrNO3/c9-8-3-1-2-7(6-8)4-5-13-10(11)12/h1-3,6H,4-5H2. The summed E-state index contributed by atoms with van der Waals surface area (Å²) in [6, 6.07) is 7.58. The van der Waals surface area contributed by atoms with Crippen molar-refractivity contribution in [2.24, 2.45) is 0 Å². The van der Waals surface area contributed by atoms with Crippen molar-refractivity contribution in [2.45, 2.75) is 6.42 Å². The topological polar surface area (TPSA) is 52.4 Å². The minimum Gasteiger partial charge on any atom is -0.314 e. The van der Waals surface area contributed by atoms with Crippen LogP contribution in [0, 0.1) is 10.1 Å². The van der Waals surface area contributed by atoms with Gasteiger partial charge in [-0.05, 0) is 24.1 Å². The molecular weight excluding hydrogens is 238 g/mol. The van der Waals surface area contributed by atoms with Gasteiger partial charge in [0.05, 0.1) is 0 Å². The number of rotatable bonds is 4. The Morgan fingerprint density at radius 1 is 1.54 bits per heavy atom. The summed E-state index contributed by atoms with van der Waals surface area (Å²) in [5, 5.41) is 9.05. The van der Waals surface area contributed by atoms with E-state index in [1.807, 2.05) is 24.3 Å². The van der Waals surface area contributed by atoms with E-state index in [-0.39, 0.29) is 6.61 Å². The maximum Gasteiger partial charge on any atom is 0.294 e. The van der Waals surface area contributed by atoms with E-state index >= 15 is 0 Å². The zero-order valence-electron chi connectivity index (χ0n) is 6.77. The fraction of sp³-hybridized carbons (Fsp3) is 0.250. The SMILES string of the molecule is O=[N+]([O-])OCCc1cccc(Br)c1. The van der Waals surface area contributed by atoms with Crippen molar-refractivity contribution in [3.8, 4) is 0 Å². The molecule has 0 aliphatic carbocycles. The molecule has 0 saturated heterocycles. The lowest BCUT2D eigenvalue weighted by Crippen LogP contribution is -2.04. The average molecular weight is 246 g/mol. The Balaban J connectivity index is 2.41. The largest absolute Gasteiger partial charge is 0.314 e. The van der Waals surface area contributed by atoms with Gasteiger partial charge in [-0.2, -0.15) is 0 Å². The quantitative estimate of drug-likeness (QED) is 0.604. The van der Waals surface area contributed by atoms with E-state index in [0.717, 1.165) is 10.0 Å². The molecule has 0 aliphatic rings. The van der Waals surface area contributed by atoms with Gasteiger partial charge in [-0.1, -0.05) is 28.1 Å². The van der Waals surface area contributed by atoms with Gasteiger partial charge < -0.3 is 4.84 Å². The summed E-state index contributed by atoms with van der Waals surface area (Å²) in [4.78, 5) is 14.0. The van der Waals surface area contributed by atoms with E-state index < -0.39 is 5.09 Å². The first-order chi connectivity index (χ1) is 6.18. The first-order valence-corrected chi connectivity index (χ1v) is 4.49. The minimum absolute atomic E-state index is 0.101. The molecule has 0 N–H and O–H groups in total. The van der Waals surface area contributed by atoms with Gasteiger partial charge in [0.2, 0.25) is 0 Å². The first-order valence-electron chi connectivity index (χ1n) is 3.70. The van der Waals surface area contributed by atoms with Crippen molar-refractivity contribution in [3.05, 3.63) is 44.4 Å². The van der Waals surface area contributed by atoms with Gasteiger partial charge in [0, 0.05) is 4.47 Å². The van der Waals surface area contributed by atoms with Crippen LogP contribution in [0.5, 0.6) is 0 Å². The third-order valence-electron chi connectivity index (χ3n) is 1.48. The summed E-state index contributed by atoms with van der Waals surface area (Å²) in [6.07, 6.45) is 0.542. The Morgan fingerprint density at radius 3 is 2.92 bits per heavy atom. The Morgan fingerprint density at radius 2 is 2.31 bits per heavy atom. The monoisotopic (exact) mass is 245 g/mol. The summed E-state index contributed by atoms with van der Waals surface area (Å²) < 4.78 is 0.964. The summed E-state index contributed by atoms with van der Waals surface area (Å²) in [6.45, 7) is 0.101. The van der Waals surface area contributed by atoms with Crippen LogP contribution in [0.3, 0.4) is 0 Å². The third kappa shape index (κ3) is 3.89. The molecule has 0 saturated carbocycles. The fourth-order valence-corrected chi connectivity index (χ4v) is 1.38. The smallest absolute Gasteiger partial charge is 0.294 e. The van der Waals surface area contributed by atoms with Crippen LogP contribution in [0.4, 0.5) is 0 Å². The van der Waals surface area contributed by atoms with E-state index in [4.69, 9.17) is 0 Å². The lowest BCUT2D eigenvalue weighted by atomic mass is 10.2.